The van der Waals surface area contributed by atoms with E-state index in [2.05, 4.69) is 5.32 Å². The maximum absolute atomic E-state index is 13.4. The van der Waals surface area contributed by atoms with Crippen molar-refractivity contribution in [3.05, 3.63) is 29.6 Å². The highest BCUT2D eigenvalue weighted by Crippen LogP contribution is 2.23. The Labute approximate surface area is 124 Å². The number of hydrogen-bond acceptors (Lipinski definition) is 4. The van der Waals surface area contributed by atoms with Crippen molar-refractivity contribution in [1.29, 1.82) is 5.26 Å². The molecule has 1 saturated heterocycles. The van der Waals surface area contributed by atoms with Crippen LogP contribution in [0.2, 0.25) is 0 Å². The summed E-state index contributed by atoms with van der Waals surface area (Å²) in [4.78, 5) is -0.0270. The van der Waals surface area contributed by atoms with Gasteiger partial charge in [0, 0.05) is 19.1 Å². The molecule has 1 aliphatic heterocycles. The number of rotatable bonds is 5. The third-order valence-corrected chi connectivity index (χ3v) is 5.50. The molecule has 0 saturated carbocycles. The van der Waals surface area contributed by atoms with E-state index in [1.807, 2.05) is 6.92 Å². The van der Waals surface area contributed by atoms with Crippen LogP contribution in [0.15, 0.2) is 23.1 Å². The van der Waals surface area contributed by atoms with E-state index in [0.29, 0.717) is 19.5 Å². The lowest BCUT2D eigenvalue weighted by Crippen LogP contribution is -2.42. The van der Waals surface area contributed by atoms with Gasteiger partial charge in [0.05, 0.1) is 10.5 Å². The molecule has 1 aromatic rings. The van der Waals surface area contributed by atoms with E-state index >= 15 is 0 Å². The maximum atomic E-state index is 13.4. The molecule has 1 aliphatic rings. The Morgan fingerprint density at radius 1 is 1.52 bits per heavy atom. The van der Waals surface area contributed by atoms with Gasteiger partial charge in [-0.1, -0.05) is 6.92 Å². The van der Waals surface area contributed by atoms with Gasteiger partial charge in [0.15, 0.2) is 0 Å². The number of hydrogen-bond donors (Lipinski definition) is 1. The normalized spacial score (nSPS) is 18.9. The second-order valence-electron chi connectivity index (χ2n) is 5.02. The fourth-order valence-electron chi connectivity index (χ4n) is 2.49. The Hall–Kier alpha value is -1.49. The van der Waals surface area contributed by atoms with E-state index in [9.17, 15) is 12.8 Å². The number of nitrogens with one attached hydrogen (secondary N) is 1. The number of nitrogens with zero attached hydrogens (tertiary/aromatic N) is 2. The van der Waals surface area contributed by atoms with Gasteiger partial charge in [-0.15, -0.1) is 0 Å². The van der Waals surface area contributed by atoms with E-state index in [4.69, 9.17) is 5.26 Å². The Balaban J connectivity index is 2.40. The van der Waals surface area contributed by atoms with Crippen LogP contribution < -0.4 is 5.32 Å². The van der Waals surface area contributed by atoms with Gasteiger partial charge in [-0.3, -0.25) is 0 Å². The molecular weight excluding hydrogens is 293 g/mol. The maximum Gasteiger partial charge on any atom is 0.243 e. The van der Waals surface area contributed by atoms with Crippen LogP contribution in [-0.4, -0.2) is 38.4 Å². The lowest BCUT2D eigenvalue weighted by atomic mass is 10.2. The predicted octanol–water partition coefficient (Wildman–Crippen LogP) is 1.46. The summed E-state index contributed by atoms with van der Waals surface area (Å²) in [6.45, 7) is 3.73. The number of halogens is 1. The SMILES string of the molecule is CCCN(C1CCNC1)S(=O)(=O)c1ccc(F)c(C#N)c1. The molecule has 1 atom stereocenters. The Kier molecular flexibility index (Phi) is 4.93. The summed E-state index contributed by atoms with van der Waals surface area (Å²) in [7, 11) is -3.72. The third kappa shape index (κ3) is 3.23. The van der Waals surface area contributed by atoms with Crippen molar-refractivity contribution in [2.75, 3.05) is 19.6 Å². The molecule has 5 nitrogen and oxygen atoms in total. The van der Waals surface area contributed by atoms with Crippen molar-refractivity contribution < 1.29 is 12.8 Å². The Morgan fingerprint density at radius 3 is 2.86 bits per heavy atom. The highest BCUT2D eigenvalue weighted by molar-refractivity contribution is 7.89. The summed E-state index contributed by atoms with van der Waals surface area (Å²) in [6, 6.07) is 4.94. The van der Waals surface area contributed by atoms with E-state index in [1.54, 1.807) is 6.07 Å². The molecule has 0 amide bonds. The van der Waals surface area contributed by atoms with Crippen LogP contribution in [0.4, 0.5) is 4.39 Å². The largest absolute Gasteiger partial charge is 0.315 e. The van der Waals surface area contributed by atoms with Crippen LogP contribution >= 0.6 is 0 Å². The molecule has 1 fully saturated rings. The van der Waals surface area contributed by atoms with Crippen molar-refractivity contribution in [3.63, 3.8) is 0 Å². The third-order valence-electron chi connectivity index (χ3n) is 3.55. The molecule has 0 radical (unpaired) electrons. The molecule has 2 rings (SSSR count). The monoisotopic (exact) mass is 311 g/mol. The van der Waals surface area contributed by atoms with E-state index < -0.39 is 15.8 Å². The van der Waals surface area contributed by atoms with Gasteiger partial charge in [0.1, 0.15) is 11.9 Å². The minimum atomic E-state index is -3.72. The van der Waals surface area contributed by atoms with Crippen molar-refractivity contribution >= 4 is 10.0 Å². The van der Waals surface area contributed by atoms with Crippen LogP contribution in [0, 0.1) is 17.1 Å². The van der Waals surface area contributed by atoms with Crippen molar-refractivity contribution in [2.24, 2.45) is 0 Å². The predicted molar refractivity (Wildman–Crippen MR) is 76.6 cm³/mol. The first-order valence-corrected chi connectivity index (χ1v) is 8.37. The quantitative estimate of drug-likeness (QED) is 0.893. The molecule has 114 valence electrons. The van der Waals surface area contributed by atoms with E-state index in [0.717, 1.165) is 25.1 Å². The molecule has 1 aromatic carbocycles. The zero-order chi connectivity index (χ0) is 15.5. The minimum Gasteiger partial charge on any atom is -0.315 e. The standard InChI is InChI=1S/C14H18FN3O2S/c1-2-7-18(12-5-6-17-10-12)21(19,20)13-3-4-14(15)11(8-13)9-16/h3-4,8,12,17H,2,5-7,10H2,1H3. The first-order valence-electron chi connectivity index (χ1n) is 6.93. The summed E-state index contributed by atoms with van der Waals surface area (Å²) < 4.78 is 40.3. The van der Waals surface area contributed by atoms with Gasteiger partial charge in [-0.2, -0.15) is 9.57 Å². The van der Waals surface area contributed by atoms with Crippen molar-refractivity contribution in [3.8, 4) is 6.07 Å². The molecule has 1 unspecified atom stereocenters. The van der Waals surface area contributed by atoms with Crippen LogP contribution in [0.1, 0.15) is 25.3 Å². The van der Waals surface area contributed by atoms with Gasteiger partial charge in [0.25, 0.3) is 0 Å². The summed E-state index contributed by atoms with van der Waals surface area (Å²) >= 11 is 0. The van der Waals surface area contributed by atoms with Crippen molar-refractivity contribution in [2.45, 2.75) is 30.7 Å². The number of nitriles is 1. The zero-order valence-corrected chi connectivity index (χ0v) is 12.7. The fraction of sp³-hybridized carbons (Fsp3) is 0.500. The Bertz CT molecular complexity index is 649. The molecule has 21 heavy (non-hydrogen) atoms. The summed E-state index contributed by atoms with van der Waals surface area (Å²) in [5.74, 6) is -0.707. The second-order valence-corrected chi connectivity index (χ2v) is 6.91. The zero-order valence-electron chi connectivity index (χ0n) is 11.8. The fourth-order valence-corrected chi connectivity index (χ4v) is 4.26. The number of sulfonamides is 1. The van der Waals surface area contributed by atoms with E-state index in [-0.39, 0.29) is 16.5 Å². The molecule has 1 heterocycles. The van der Waals surface area contributed by atoms with Gasteiger partial charge in [-0.25, -0.2) is 12.8 Å². The average Bonchev–Trinajstić information content (AvgIpc) is 2.98. The van der Waals surface area contributed by atoms with Crippen LogP contribution in [0.5, 0.6) is 0 Å². The van der Waals surface area contributed by atoms with Crippen LogP contribution in [0.3, 0.4) is 0 Å². The van der Waals surface area contributed by atoms with Crippen LogP contribution in [0.25, 0.3) is 0 Å². The lowest BCUT2D eigenvalue weighted by molar-refractivity contribution is 0.335. The van der Waals surface area contributed by atoms with Crippen molar-refractivity contribution in [1.82, 2.24) is 9.62 Å². The first kappa shape index (κ1) is 15.9. The number of benzene rings is 1. The molecule has 0 aromatic heterocycles. The van der Waals surface area contributed by atoms with Gasteiger partial charge < -0.3 is 5.32 Å². The minimum absolute atomic E-state index is 0.0270. The van der Waals surface area contributed by atoms with Crippen LogP contribution in [-0.2, 0) is 10.0 Å². The highest BCUT2D eigenvalue weighted by atomic mass is 32.2. The van der Waals surface area contributed by atoms with Gasteiger partial charge in [0.2, 0.25) is 10.0 Å². The first-order chi connectivity index (χ1) is 10.0. The summed E-state index contributed by atoms with van der Waals surface area (Å²) in [6.07, 6.45) is 1.45. The summed E-state index contributed by atoms with van der Waals surface area (Å²) in [5, 5.41) is 12.0. The molecule has 0 bridgehead atoms. The van der Waals surface area contributed by atoms with Gasteiger partial charge >= 0.3 is 0 Å². The Morgan fingerprint density at radius 2 is 2.29 bits per heavy atom. The van der Waals surface area contributed by atoms with E-state index in [1.165, 1.54) is 10.4 Å². The lowest BCUT2D eigenvalue weighted by Gasteiger charge is -2.27. The summed E-state index contributed by atoms with van der Waals surface area (Å²) in [5.41, 5.74) is -0.253. The molecule has 1 N–H and O–H groups in total. The highest BCUT2D eigenvalue weighted by Gasteiger charge is 2.32. The molecule has 7 heteroatoms. The average molecular weight is 311 g/mol. The molecular formula is C14H18FN3O2S. The molecule has 0 spiro atoms. The topological polar surface area (TPSA) is 73.2 Å². The smallest absolute Gasteiger partial charge is 0.243 e. The molecule has 0 aliphatic carbocycles. The second kappa shape index (κ2) is 6.52. The van der Waals surface area contributed by atoms with Gasteiger partial charge in [-0.05, 0) is 37.6 Å².